The number of nitrogens with one attached hydrogen (secondary N) is 2. The molecule has 2 aromatic carbocycles. The SMILES string of the molecule is COc1ccc(C2=NN(Cc3ccc(NC(=O)OCCCN4CCNCC4)cc3)C(=O)SC2)cc1OC. The molecule has 0 atom stereocenters. The lowest BCUT2D eigenvalue weighted by molar-refractivity contribution is 0.149. The number of hydrazone groups is 1. The second kappa shape index (κ2) is 13.3. The number of methoxy groups -OCH3 is 2. The van der Waals surface area contributed by atoms with Crippen molar-refractivity contribution in [1.29, 1.82) is 0 Å². The fraction of sp³-hybridized carbons (Fsp3) is 0.423. The summed E-state index contributed by atoms with van der Waals surface area (Å²) in [5, 5.41) is 12.0. The molecule has 4 rings (SSSR count). The number of thioether (sulfide) groups is 1. The number of hydrogen-bond donors (Lipinski definition) is 2. The molecule has 1 saturated heterocycles. The average Bonchev–Trinajstić information content (AvgIpc) is 2.93. The fourth-order valence-corrected chi connectivity index (χ4v) is 4.82. The molecule has 0 saturated carbocycles. The first-order valence-corrected chi connectivity index (χ1v) is 13.2. The zero-order valence-corrected chi connectivity index (χ0v) is 22.0. The Labute approximate surface area is 221 Å². The van der Waals surface area contributed by atoms with Crippen molar-refractivity contribution in [1.82, 2.24) is 15.2 Å². The summed E-state index contributed by atoms with van der Waals surface area (Å²) >= 11 is 1.21. The minimum atomic E-state index is -0.472. The van der Waals surface area contributed by atoms with Gasteiger partial charge in [0.1, 0.15) is 0 Å². The van der Waals surface area contributed by atoms with Crippen LogP contribution in [0.4, 0.5) is 15.3 Å². The van der Waals surface area contributed by atoms with Gasteiger partial charge in [-0.1, -0.05) is 23.9 Å². The van der Waals surface area contributed by atoms with Gasteiger partial charge in [0.25, 0.3) is 0 Å². The second-order valence-electron chi connectivity index (χ2n) is 8.63. The number of carbonyl (C=O) groups is 2. The van der Waals surface area contributed by atoms with Crippen molar-refractivity contribution in [2.45, 2.75) is 13.0 Å². The van der Waals surface area contributed by atoms with Crippen LogP contribution in [0.25, 0.3) is 0 Å². The lowest BCUT2D eigenvalue weighted by Crippen LogP contribution is -2.43. The Kier molecular flexibility index (Phi) is 9.64. The number of amides is 2. The number of hydrogen-bond acceptors (Lipinski definition) is 9. The minimum absolute atomic E-state index is 0.115. The Morgan fingerprint density at radius 1 is 1.08 bits per heavy atom. The van der Waals surface area contributed by atoms with E-state index >= 15 is 0 Å². The summed E-state index contributed by atoms with van der Waals surface area (Å²) in [5.41, 5.74) is 3.17. The minimum Gasteiger partial charge on any atom is -0.493 e. The molecule has 2 aliphatic heterocycles. The fourth-order valence-electron chi connectivity index (χ4n) is 4.08. The van der Waals surface area contributed by atoms with Gasteiger partial charge in [-0.3, -0.25) is 10.1 Å². The van der Waals surface area contributed by atoms with Gasteiger partial charge < -0.3 is 24.4 Å². The number of piperazine rings is 1. The van der Waals surface area contributed by atoms with Crippen molar-refractivity contribution in [3.05, 3.63) is 53.6 Å². The average molecular weight is 528 g/mol. The van der Waals surface area contributed by atoms with Crippen LogP contribution in [0.3, 0.4) is 0 Å². The highest BCUT2D eigenvalue weighted by Crippen LogP contribution is 2.30. The number of carbonyl (C=O) groups excluding carboxylic acids is 2. The molecule has 11 heteroatoms. The molecule has 0 aromatic heterocycles. The zero-order valence-electron chi connectivity index (χ0n) is 21.2. The van der Waals surface area contributed by atoms with Gasteiger partial charge in [0.15, 0.2) is 11.5 Å². The second-order valence-corrected chi connectivity index (χ2v) is 9.56. The molecule has 2 aromatic rings. The first kappa shape index (κ1) is 26.8. The molecule has 1 fully saturated rings. The number of anilines is 1. The number of ether oxygens (including phenoxy) is 3. The van der Waals surface area contributed by atoms with Gasteiger partial charge in [0.05, 0.1) is 33.1 Å². The first-order valence-electron chi connectivity index (χ1n) is 12.3. The van der Waals surface area contributed by atoms with Crippen molar-refractivity contribution in [2.24, 2.45) is 5.10 Å². The number of benzene rings is 2. The highest BCUT2D eigenvalue weighted by molar-refractivity contribution is 8.14. The van der Waals surface area contributed by atoms with E-state index in [0.717, 1.165) is 56.0 Å². The van der Waals surface area contributed by atoms with Gasteiger partial charge in [0, 0.05) is 49.7 Å². The Bertz CT molecular complexity index is 1110. The molecule has 0 spiro atoms. The smallest absolute Gasteiger partial charge is 0.411 e. The van der Waals surface area contributed by atoms with Gasteiger partial charge in [-0.25, -0.2) is 9.80 Å². The molecular formula is C26H33N5O5S. The monoisotopic (exact) mass is 527 g/mol. The maximum absolute atomic E-state index is 12.5. The summed E-state index contributed by atoms with van der Waals surface area (Å²) in [6.07, 6.45) is 0.333. The number of nitrogens with zero attached hydrogens (tertiary/aromatic N) is 3. The third-order valence-electron chi connectivity index (χ3n) is 6.10. The van der Waals surface area contributed by atoms with E-state index in [4.69, 9.17) is 14.2 Å². The quantitative estimate of drug-likeness (QED) is 0.452. The third-order valence-corrected chi connectivity index (χ3v) is 6.97. The Morgan fingerprint density at radius 3 is 2.57 bits per heavy atom. The van der Waals surface area contributed by atoms with Crippen LogP contribution < -0.4 is 20.1 Å². The zero-order chi connectivity index (χ0) is 26.0. The third kappa shape index (κ3) is 7.61. The lowest BCUT2D eigenvalue weighted by Gasteiger charge is -2.26. The molecule has 0 unspecified atom stereocenters. The van der Waals surface area contributed by atoms with Crippen LogP contribution in [0.1, 0.15) is 17.5 Å². The summed E-state index contributed by atoms with van der Waals surface area (Å²) in [7, 11) is 3.17. The molecule has 37 heavy (non-hydrogen) atoms. The van der Waals surface area contributed by atoms with Gasteiger partial charge in [-0.2, -0.15) is 5.10 Å². The van der Waals surface area contributed by atoms with Gasteiger partial charge >= 0.3 is 11.3 Å². The van der Waals surface area contributed by atoms with E-state index in [1.54, 1.807) is 26.4 Å². The molecule has 2 amide bonds. The van der Waals surface area contributed by atoms with Crippen LogP contribution in [0.15, 0.2) is 47.6 Å². The predicted molar refractivity (Wildman–Crippen MR) is 145 cm³/mol. The molecule has 2 N–H and O–H groups in total. The van der Waals surface area contributed by atoms with Crippen LogP contribution in [0.5, 0.6) is 11.5 Å². The summed E-state index contributed by atoms with van der Waals surface area (Å²) in [6.45, 7) is 5.70. The van der Waals surface area contributed by atoms with E-state index in [2.05, 4.69) is 20.6 Å². The summed E-state index contributed by atoms with van der Waals surface area (Å²) in [6, 6.07) is 12.9. The first-order chi connectivity index (χ1) is 18.1. The Morgan fingerprint density at radius 2 is 1.84 bits per heavy atom. The Balaban J connectivity index is 1.28. The van der Waals surface area contributed by atoms with Crippen molar-refractivity contribution in [2.75, 3.05) is 64.6 Å². The van der Waals surface area contributed by atoms with E-state index < -0.39 is 6.09 Å². The highest BCUT2D eigenvalue weighted by Gasteiger charge is 2.23. The van der Waals surface area contributed by atoms with Crippen LogP contribution in [-0.2, 0) is 11.3 Å². The van der Waals surface area contributed by atoms with Crippen LogP contribution >= 0.6 is 11.8 Å². The molecule has 2 aliphatic rings. The van der Waals surface area contributed by atoms with Gasteiger partial charge in [0.2, 0.25) is 0 Å². The van der Waals surface area contributed by atoms with E-state index in [-0.39, 0.29) is 5.24 Å². The van der Waals surface area contributed by atoms with Gasteiger partial charge in [-0.05, 0) is 42.3 Å². The van der Waals surface area contributed by atoms with Crippen LogP contribution in [-0.4, -0.2) is 86.3 Å². The molecular weight excluding hydrogens is 494 g/mol. The standard InChI is InChI=1S/C26H33N5O5S/c1-34-23-9-6-20(16-24(23)35-2)22-18-37-26(33)31(29-22)17-19-4-7-21(8-5-19)28-25(32)36-15-3-12-30-13-10-27-11-14-30/h4-9,16,27H,3,10-15,17-18H2,1-2H3,(H,28,32). The maximum Gasteiger partial charge on any atom is 0.411 e. The molecule has 2 heterocycles. The topological polar surface area (TPSA) is 105 Å². The van der Waals surface area contributed by atoms with E-state index in [9.17, 15) is 9.59 Å². The largest absolute Gasteiger partial charge is 0.493 e. The molecule has 0 bridgehead atoms. The van der Waals surface area contributed by atoms with E-state index in [1.165, 1.54) is 16.8 Å². The maximum atomic E-state index is 12.5. The van der Waals surface area contributed by atoms with Crippen LogP contribution in [0, 0.1) is 0 Å². The lowest BCUT2D eigenvalue weighted by atomic mass is 10.1. The molecule has 0 radical (unpaired) electrons. The van der Waals surface area contributed by atoms with Gasteiger partial charge in [-0.15, -0.1) is 0 Å². The normalized spacial score (nSPS) is 16.2. The summed E-state index contributed by atoms with van der Waals surface area (Å²) in [4.78, 5) is 27.0. The highest BCUT2D eigenvalue weighted by atomic mass is 32.2. The van der Waals surface area contributed by atoms with E-state index in [0.29, 0.717) is 36.1 Å². The predicted octanol–water partition coefficient (Wildman–Crippen LogP) is 3.62. The summed E-state index contributed by atoms with van der Waals surface area (Å²) < 4.78 is 16.0. The van der Waals surface area contributed by atoms with Crippen molar-refractivity contribution < 1.29 is 23.8 Å². The van der Waals surface area contributed by atoms with Crippen molar-refractivity contribution in [3.8, 4) is 11.5 Å². The molecule has 10 nitrogen and oxygen atoms in total. The van der Waals surface area contributed by atoms with Crippen LogP contribution in [0.2, 0.25) is 0 Å². The Hall–Kier alpha value is -3.28. The van der Waals surface area contributed by atoms with Crippen molar-refractivity contribution in [3.63, 3.8) is 0 Å². The van der Waals surface area contributed by atoms with Crippen molar-refractivity contribution >= 4 is 34.5 Å². The number of rotatable bonds is 10. The van der Waals surface area contributed by atoms with E-state index in [1.807, 2.05) is 30.3 Å². The summed E-state index contributed by atoms with van der Waals surface area (Å²) in [5.74, 6) is 1.72. The molecule has 198 valence electrons. The molecule has 0 aliphatic carbocycles.